The Bertz CT molecular complexity index is 1450. The van der Waals surface area contributed by atoms with Gasteiger partial charge in [0.05, 0.1) is 30.2 Å². The van der Waals surface area contributed by atoms with Crippen LogP contribution in [0.1, 0.15) is 27.0 Å². The number of ether oxygens (including phenoxy) is 2. The van der Waals surface area contributed by atoms with Crippen LogP contribution < -0.4 is 15.8 Å². The Morgan fingerprint density at radius 3 is 2.65 bits per heavy atom. The number of aliphatic hydroxyl groups is 1. The van der Waals surface area contributed by atoms with Crippen LogP contribution in [-0.4, -0.2) is 69.0 Å². The summed E-state index contributed by atoms with van der Waals surface area (Å²) in [4.78, 5) is 30.9. The Morgan fingerprint density at radius 2 is 2.00 bits per heavy atom. The van der Waals surface area contributed by atoms with Crippen molar-refractivity contribution in [3.05, 3.63) is 52.9 Å². The van der Waals surface area contributed by atoms with Gasteiger partial charge in [-0.2, -0.15) is 4.98 Å². The van der Waals surface area contributed by atoms with E-state index in [2.05, 4.69) is 9.97 Å². The average Bonchev–Trinajstić information content (AvgIpc) is 3.42. The van der Waals surface area contributed by atoms with Crippen LogP contribution in [0.15, 0.2) is 47.4 Å². The summed E-state index contributed by atoms with van der Waals surface area (Å²) in [6.07, 6.45) is -4.93. The summed E-state index contributed by atoms with van der Waals surface area (Å²) in [6, 6.07) is 9.35. The highest BCUT2D eigenvalue weighted by Gasteiger charge is 2.59. The van der Waals surface area contributed by atoms with Gasteiger partial charge >= 0.3 is 13.6 Å². The van der Waals surface area contributed by atoms with Crippen molar-refractivity contribution in [1.29, 1.82) is 0 Å². The molecule has 6 atom stereocenters. The number of nitrogen functional groups attached to an aromatic ring is 1. The Labute approximate surface area is 227 Å². The first kappa shape index (κ1) is 29.7. The van der Waals surface area contributed by atoms with Gasteiger partial charge in [-0.3, -0.25) is 19.1 Å². The summed E-state index contributed by atoms with van der Waals surface area (Å²) in [6.45, 7) is 2.47. The van der Waals surface area contributed by atoms with Gasteiger partial charge in [0.1, 0.15) is 24.6 Å². The molecule has 1 unspecified atom stereocenters. The molecule has 1 aliphatic rings. The third kappa shape index (κ3) is 6.04. The van der Waals surface area contributed by atoms with E-state index in [1.54, 1.807) is 32.0 Å². The SMILES string of the molecule is CC(C)OC(=O)[C@H](C)C[P@@](=O)(OC[C@H]1O[C@@H](n2ccc3c(=O)[nH]c(N)nc32)C(F)(CF)[C@H]1O)Oc1ccccc1. The summed E-state index contributed by atoms with van der Waals surface area (Å²) >= 11 is 0. The van der Waals surface area contributed by atoms with Gasteiger partial charge in [-0.05, 0) is 32.0 Å². The number of aromatic amines is 1. The molecule has 12 nitrogen and oxygen atoms in total. The number of H-pyrrole nitrogens is 1. The molecule has 1 aliphatic heterocycles. The molecule has 15 heteroatoms. The van der Waals surface area contributed by atoms with Crippen molar-refractivity contribution in [2.24, 2.45) is 5.92 Å². The number of hydrogen-bond acceptors (Lipinski definition) is 10. The average molecular weight is 585 g/mol. The number of carbonyl (C=O) groups excluding carboxylic acids is 1. The van der Waals surface area contributed by atoms with Crippen LogP contribution in [0.5, 0.6) is 5.75 Å². The molecule has 2 aromatic heterocycles. The normalized spacial score (nSPS) is 25.1. The number of nitrogens with zero attached hydrogens (tertiary/aromatic N) is 2. The summed E-state index contributed by atoms with van der Waals surface area (Å²) in [5, 5.41) is 10.8. The van der Waals surface area contributed by atoms with Crippen LogP contribution in [0, 0.1) is 5.92 Å². The first-order valence-corrected chi connectivity index (χ1v) is 14.2. The van der Waals surface area contributed by atoms with E-state index in [1.165, 1.54) is 31.3 Å². The van der Waals surface area contributed by atoms with E-state index in [1.807, 2.05) is 0 Å². The number of anilines is 1. The van der Waals surface area contributed by atoms with Crippen LogP contribution >= 0.6 is 7.60 Å². The molecule has 0 amide bonds. The number of rotatable bonds is 11. The maximum absolute atomic E-state index is 15.9. The first-order valence-electron chi connectivity index (χ1n) is 12.5. The summed E-state index contributed by atoms with van der Waals surface area (Å²) in [5.41, 5.74) is 1.93. The quantitative estimate of drug-likeness (QED) is 0.225. The van der Waals surface area contributed by atoms with E-state index in [0.29, 0.717) is 0 Å². The molecule has 0 bridgehead atoms. The third-order valence-electron chi connectivity index (χ3n) is 6.29. The van der Waals surface area contributed by atoms with E-state index in [4.69, 9.17) is 24.3 Å². The predicted molar refractivity (Wildman–Crippen MR) is 140 cm³/mol. The fraction of sp³-hybridized carbons (Fsp3) is 0.480. The molecule has 40 heavy (non-hydrogen) atoms. The van der Waals surface area contributed by atoms with Crippen molar-refractivity contribution < 1.29 is 41.8 Å². The van der Waals surface area contributed by atoms with Crippen molar-refractivity contribution >= 4 is 30.5 Å². The molecule has 1 saturated heterocycles. The number of benzene rings is 1. The second-order valence-corrected chi connectivity index (χ2v) is 11.9. The number of carbonyl (C=O) groups is 1. The zero-order valence-electron chi connectivity index (χ0n) is 22.0. The second kappa shape index (κ2) is 11.7. The van der Waals surface area contributed by atoms with Gasteiger partial charge in [0, 0.05) is 6.20 Å². The van der Waals surface area contributed by atoms with Gasteiger partial charge in [-0.1, -0.05) is 25.1 Å². The molecule has 3 heterocycles. The van der Waals surface area contributed by atoms with E-state index in [0.717, 1.165) is 4.57 Å². The van der Waals surface area contributed by atoms with E-state index in [9.17, 15) is 23.7 Å². The van der Waals surface area contributed by atoms with Crippen LogP contribution in [0.25, 0.3) is 11.0 Å². The minimum Gasteiger partial charge on any atom is -0.463 e. The lowest BCUT2D eigenvalue weighted by atomic mass is 9.97. The van der Waals surface area contributed by atoms with E-state index in [-0.39, 0.29) is 22.7 Å². The fourth-order valence-corrected chi connectivity index (χ4v) is 6.20. The molecule has 4 N–H and O–H groups in total. The van der Waals surface area contributed by atoms with Crippen LogP contribution in [0.3, 0.4) is 0 Å². The standard InChI is InChI=1S/C25H31F2N4O8P/c1-14(2)37-22(34)15(3)12-40(35,39-16-7-5-4-6-8-16)36-11-18-19(32)25(27,13-26)23(38-18)31-10-9-17-20(31)29-24(28)30-21(17)33/h4-10,14-15,18-19,23,32H,11-13H2,1-3H3,(H3,28,29,30,33)/t15-,18-,19+,23-,25?,40-/m1/s1. The van der Waals surface area contributed by atoms with Gasteiger partial charge in [0.2, 0.25) is 11.6 Å². The van der Waals surface area contributed by atoms with Gasteiger partial charge < -0.3 is 29.4 Å². The smallest absolute Gasteiger partial charge is 0.380 e. The molecule has 0 spiro atoms. The number of nitrogens with one attached hydrogen (secondary N) is 1. The number of esters is 1. The maximum atomic E-state index is 15.9. The maximum Gasteiger partial charge on any atom is 0.380 e. The van der Waals surface area contributed by atoms with Crippen molar-refractivity contribution in [3.63, 3.8) is 0 Å². The molecule has 3 aromatic rings. The number of halogens is 2. The van der Waals surface area contributed by atoms with E-state index >= 15 is 4.39 Å². The molecular weight excluding hydrogens is 553 g/mol. The Hall–Kier alpha value is -3.32. The van der Waals surface area contributed by atoms with Crippen molar-refractivity contribution in [1.82, 2.24) is 14.5 Å². The topological polar surface area (TPSA) is 168 Å². The molecule has 0 aliphatic carbocycles. The molecular formula is C25H31F2N4O8P. The minimum absolute atomic E-state index is 0.0382. The summed E-state index contributed by atoms with van der Waals surface area (Å²) < 4.78 is 67.0. The third-order valence-corrected chi connectivity index (χ3v) is 8.32. The number of aliphatic hydroxyl groups excluding tert-OH is 1. The van der Waals surface area contributed by atoms with Gasteiger partial charge in [0.25, 0.3) is 5.56 Å². The van der Waals surface area contributed by atoms with Gasteiger partial charge in [-0.15, -0.1) is 0 Å². The number of para-hydroxylation sites is 1. The zero-order chi connectivity index (χ0) is 29.2. The largest absolute Gasteiger partial charge is 0.463 e. The molecule has 218 valence electrons. The molecule has 4 rings (SSSR count). The number of fused-ring (bicyclic) bond motifs is 1. The Balaban J connectivity index is 1.58. The lowest BCUT2D eigenvalue weighted by Crippen LogP contribution is -2.45. The number of aromatic nitrogens is 3. The van der Waals surface area contributed by atoms with Crippen LogP contribution in [0.4, 0.5) is 14.7 Å². The predicted octanol–water partition coefficient (Wildman–Crippen LogP) is 3.12. The molecule has 1 fully saturated rings. The van der Waals surface area contributed by atoms with Crippen LogP contribution in [0.2, 0.25) is 0 Å². The summed E-state index contributed by atoms with van der Waals surface area (Å²) in [5.74, 6) is -1.62. The number of alkyl halides is 2. The van der Waals surface area contributed by atoms with Gasteiger partial charge in [-0.25, -0.2) is 13.3 Å². The van der Waals surface area contributed by atoms with Crippen molar-refractivity contribution in [2.75, 3.05) is 25.2 Å². The lowest BCUT2D eigenvalue weighted by molar-refractivity contribution is -0.151. The molecule has 1 aromatic carbocycles. The second-order valence-electron chi connectivity index (χ2n) is 9.82. The number of hydrogen-bond donors (Lipinski definition) is 3. The van der Waals surface area contributed by atoms with E-state index < -0.39 is 74.7 Å². The van der Waals surface area contributed by atoms with Crippen molar-refractivity contribution in [3.8, 4) is 5.75 Å². The highest BCUT2D eigenvalue weighted by atomic mass is 31.2. The minimum atomic E-state index is -4.15. The summed E-state index contributed by atoms with van der Waals surface area (Å²) in [7, 11) is -4.15. The zero-order valence-corrected chi connectivity index (χ0v) is 22.9. The monoisotopic (exact) mass is 584 g/mol. The van der Waals surface area contributed by atoms with Gasteiger partial charge in [0.15, 0.2) is 11.9 Å². The Morgan fingerprint density at radius 1 is 1.30 bits per heavy atom. The van der Waals surface area contributed by atoms with Crippen LogP contribution in [-0.2, 0) is 23.4 Å². The van der Waals surface area contributed by atoms with Crippen molar-refractivity contribution in [2.45, 2.75) is 51.0 Å². The molecule has 0 saturated carbocycles. The highest BCUT2D eigenvalue weighted by molar-refractivity contribution is 7.54. The first-order chi connectivity index (χ1) is 18.9. The highest BCUT2D eigenvalue weighted by Crippen LogP contribution is 2.51. The Kier molecular flexibility index (Phi) is 8.64. The number of nitrogens with two attached hydrogens (primary N) is 1. The fourth-order valence-electron chi connectivity index (χ4n) is 4.33. The lowest BCUT2D eigenvalue weighted by Gasteiger charge is -2.26. The molecule has 0 radical (unpaired) electrons.